The Hall–Kier alpha value is -2.43. The molecule has 0 radical (unpaired) electrons. The Morgan fingerprint density at radius 1 is 1.26 bits per heavy atom. The molecule has 1 aliphatic heterocycles. The zero-order valence-corrected chi connectivity index (χ0v) is 13.6. The first-order valence-electron chi connectivity index (χ1n) is 8.07. The van der Waals surface area contributed by atoms with E-state index in [9.17, 15) is 4.79 Å². The van der Waals surface area contributed by atoms with Gasteiger partial charge < -0.3 is 10.2 Å². The molecule has 0 bridgehead atoms. The number of hydrogen-bond acceptors (Lipinski definition) is 4. The van der Waals surface area contributed by atoms with Gasteiger partial charge in [-0.2, -0.15) is 0 Å². The van der Waals surface area contributed by atoms with E-state index in [1.807, 2.05) is 31.2 Å². The Balaban J connectivity index is 1.69. The number of aryl methyl sites for hydroxylation is 1. The zero-order chi connectivity index (χ0) is 16.2. The van der Waals surface area contributed by atoms with Crippen LogP contribution in [0.5, 0.6) is 0 Å². The number of nitrogens with one attached hydrogen (secondary N) is 1. The average molecular weight is 310 g/mol. The quantitative estimate of drug-likeness (QED) is 0.945. The van der Waals surface area contributed by atoms with Gasteiger partial charge in [-0.3, -0.25) is 4.79 Å². The highest BCUT2D eigenvalue weighted by Gasteiger charge is 2.19. The largest absolute Gasteiger partial charge is 0.341 e. The zero-order valence-electron chi connectivity index (χ0n) is 13.6. The molecule has 0 saturated carbocycles. The van der Waals surface area contributed by atoms with Crippen LogP contribution in [0.1, 0.15) is 35.7 Å². The Morgan fingerprint density at radius 2 is 2.00 bits per heavy atom. The van der Waals surface area contributed by atoms with E-state index < -0.39 is 0 Å². The second-order valence-electron chi connectivity index (χ2n) is 6.23. The fraction of sp³-hybridized carbons (Fsp3) is 0.389. The second kappa shape index (κ2) is 6.77. The van der Waals surface area contributed by atoms with E-state index in [1.165, 1.54) is 12.8 Å². The summed E-state index contributed by atoms with van der Waals surface area (Å²) in [5.74, 6) is 1.19. The summed E-state index contributed by atoms with van der Waals surface area (Å²) in [5, 5.41) is 2.90. The number of amides is 1. The lowest BCUT2D eigenvalue weighted by atomic mass is 10.0. The summed E-state index contributed by atoms with van der Waals surface area (Å²) in [5.41, 5.74) is 2.31. The summed E-state index contributed by atoms with van der Waals surface area (Å²) in [4.78, 5) is 23.2. The van der Waals surface area contributed by atoms with Crippen molar-refractivity contribution in [2.75, 3.05) is 23.3 Å². The smallest absolute Gasteiger partial charge is 0.258 e. The highest BCUT2D eigenvalue weighted by Crippen LogP contribution is 2.20. The standard InChI is InChI=1S/C18H22N4O/c1-13-6-5-9-22(12-13)18-19-10-15(11-20-18)17(23)21-16-8-4-3-7-14(16)2/h3-4,7-8,10-11,13H,5-6,9,12H2,1-2H3,(H,21,23). The summed E-state index contributed by atoms with van der Waals surface area (Å²) in [7, 11) is 0. The Bertz CT molecular complexity index is 684. The number of para-hydroxylation sites is 1. The third-order valence-corrected chi connectivity index (χ3v) is 4.23. The van der Waals surface area contributed by atoms with Crippen molar-refractivity contribution < 1.29 is 4.79 Å². The molecule has 1 aromatic carbocycles. The first kappa shape index (κ1) is 15.5. The van der Waals surface area contributed by atoms with Crippen molar-refractivity contribution in [1.29, 1.82) is 0 Å². The van der Waals surface area contributed by atoms with Crippen molar-refractivity contribution in [1.82, 2.24) is 9.97 Å². The van der Waals surface area contributed by atoms with E-state index in [0.717, 1.165) is 24.3 Å². The minimum atomic E-state index is -0.183. The fourth-order valence-electron chi connectivity index (χ4n) is 2.88. The molecule has 1 unspecified atom stereocenters. The van der Waals surface area contributed by atoms with Gasteiger partial charge in [0.05, 0.1) is 5.56 Å². The average Bonchev–Trinajstić information content (AvgIpc) is 2.57. The number of carbonyl (C=O) groups is 1. The number of hydrogen-bond donors (Lipinski definition) is 1. The molecule has 2 heterocycles. The molecule has 1 fully saturated rings. The Morgan fingerprint density at radius 3 is 2.70 bits per heavy atom. The summed E-state index contributed by atoms with van der Waals surface area (Å²) >= 11 is 0. The van der Waals surface area contributed by atoms with Crippen molar-refractivity contribution in [3.8, 4) is 0 Å². The van der Waals surface area contributed by atoms with Crippen molar-refractivity contribution in [3.63, 3.8) is 0 Å². The molecule has 5 nitrogen and oxygen atoms in total. The summed E-state index contributed by atoms with van der Waals surface area (Å²) in [6.07, 6.45) is 5.64. The van der Waals surface area contributed by atoms with Crippen LogP contribution in [0.15, 0.2) is 36.7 Å². The van der Waals surface area contributed by atoms with Gasteiger partial charge in [0.2, 0.25) is 5.95 Å². The molecule has 2 aromatic rings. The SMILES string of the molecule is Cc1ccccc1NC(=O)c1cnc(N2CCCC(C)C2)nc1. The van der Waals surface area contributed by atoms with Gasteiger partial charge in [0.25, 0.3) is 5.91 Å². The second-order valence-corrected chi connectivity index (χ2v) is 6.23. The summed E-state index contributed by atoms with van der Waals surface area (Å²) in [6, 6.07) is 7.70. The van der Waals surface area contributed by atoms with Gasteiger partial charge in [-0.1, -0.05) is 25.1 Å². The molecule has 1 N–H and O–H groups in total. The number of rotatable bonds is 3. The first-order chi connectivity index (χ1) is 11.1. The van der Waals surface area contributed by atoms with E-state index in [0.29, 0.717) is 17.4 Å². The molecule has 0 aliphatic carbocycles. The molecule has 120 valence electrons. The van der Waals surface area contributed by atoms with Crippen LogP contribution in [0.3, 0.4) is 0 Å². The highest BCUT2D eigenvalue weighted by atomic mass is 16.1. The minimum absolute atomic E-state index is 0.183. The summed E-state index contributed by atoms with van der Waals surface area (Å²) in [6.45, 7) is 6.18. The predicted molar refractivity (Wildman–Crippen MR) is 91.8 cm³/mol. The molecule has 0 spiro atoms. The van der Waals surface area contributed by atoms with Gasteiger partial charge in [0, 0.05) is 31.2 Å². The topological polar surface area (TPSA) is 58.1 Å². The summed E-state index contributed by atoms with van der Waals surface area (Å²) < 4.78 is 0. The maximum Gasteiger partial charge on any atom is 0.258 e. The number of benzene rings is 1. The van der Waals surface area contributed by atoms with Crippen LogP contribution in [-0.4, -0.2) is 29.0 Å². The van der Waals surface area contributed by atoms with Gasteiger partial charge in [-0.15, -0.1) is 0 Å². The van der Waals surface area contributed by atoms with Gasteiger partial charge in [0.1, 0.15) is 0 Å². The molecule has 1 saturated heterocycles. The first-order valence-corrected chi connectivity index (χ1v) is 8.07. The van der Waals surface area contributed by atoms with Gasteiger partial charge in [-0.05, 0) is 37.3 Å². The van der Waals surface area contributed by atoms with Crippen LogP contribution in [-0.2, 0) is 0 Å². The maximum absolute atomic E-state index is 12.3. The minimum Gasteiger partial charge on any atom is -0.341 e. The lowest BCUT2D eigenvalue weighted by molar-refractivity contribution is 0.102. The molecule has 1 atom stereocenters. The molecular weight excluding hydrogens is 288 g/mol. The molecule has 1 aliphatic rings. The lowest BCUT2D eigenvalue weighted by Gasteiger charge is -2.30. The monoisotopic (exact) mass is 310 g/mol. The number of carbonyl (C=O) groups excluding carboxylic acids is 1. The maximum atomic E-state index is 12.3. The highest BCUT2D eigenvalue weighted by molar-refractivity contribution is 6.04. The van der Waals surface area contributed by atoms with Gasteiger partial charge in [-0.25, -0.2) is 9.97 Å². The van der Waals surface area contributed by atoms with Crippen LogP contribution in [0.4, 0.5) is 11.6 Å². The van der Waals surface area contributed by atoms with E-state index in [4.69, 9.17) is 0 Å². The van der Waals surface area contributed by atoms with Crippen molar-refractivity contribution >= 4 is 17.5 Å². The normalized spacial score (nSPS) is 17.8. The number of piperidine rings is 1. The number of aromatic nitrogens is 2. The molecule has 5 heteroatoms. The van der Waals surface area contributed by atoms with Gasteiger partial charge in [0.15, 0.2) is 0 Å². The Labute approximate surface area is 136 Å². The Kier molecular flexibility index (Phi) is 4.55. The third-order valence-electron chi connectivity index (χ3n) is 4.23. The van der Waals surface area contributed by atoms with Crippen LogP contribution < -0.4 is 10.2 Å². The van der Waals surface area contributed by atoms with E-state index in [1.54, 1.807) is 12.4 Å². The fourth-order valence-corrected chi connectivity index (χ4v) is 2.88. The van der Waals surface area contributed by atoms with Gasteiger partial charge >= 0.3 is 0 Å². The van der Waals surface area contributed by atoms with Crippen LogP contribution in [0.25, 0.3) is 0 Å². The van der Waals surface area contributed by atoms with Crippen LogP contribution >= 0.6 is 0 Å². The van der Waals surface area contributed by atoms with E-state index in [-0.39, 0.29) is 5.91 Å². The molecular formula is C18H22N4O. The van der Waals surface area contributed by atoms with Crippen molar-refractivity contribution in [2.24, 2.45) is 5.92 Å². The lowest BCUT2D eigenvalue weighted by Crippen LogP contribution is -2.35. The van der Waals surface area contributed by atoms with Crippen LogP contribution in [0.2, 0.25) is 0 Å². The number of nitrogens with zero attached hydrogens (tertiary/aromatic N) is 3. The molecule has 3 rings (SSSR count). The van der Waals surface area contributed by atoms with E-state index >= 15 is 0 Å². The van der Waals surface area contributed by atoms with Crippen LogP contribution in [0, 0.1) is 12.8 Å². The molecule has 23 heavy (non-hydrogen) atoms. The van der Waals surface area contributed by atoms with Crippen molar-refractivity contribution in [3.05, 3.63) is 47.8 Å². The molecule has 1 aromatic heterocycles. The number of anilines is 2. The molecule has 1 amide bonds. The predicted octanol–water partition coefficient (Wildman–Crippen LogP) is 3.27. The van der Waals surface area contributed by atoms with E-state index in [2.05, 4.69) is 27.1 Å². The third kappa shape index (κ3) is 3.67. The van der Waals surface area contributed by atoms with Crippen molar-refractivity contribution in [2.45, 2.75) is 26.7 Å².